The second kappa shape index (κ2) is 4.94. The van der Waals surface area contributed by atoms with E-state index < -0.39 is 5.97 Å². The van der Waals surface area contributed by atoms with Crippen LogP contribution in [-0.4, -0.2) is 27.5 Å². The fourth-order valence-electron chi connectivity index (χ4n) is 2.46. The van der Waals surface area contributed by atoms with Crippen molar-refractivity contribution in [3.05, 3.63) is 33.9 Å². The summed E-state index contributed by atoms with van der Waals surface area (Å²) in [7, 11) is 1.74. The van der Waals surface area contributed by atoms with Crippen molar-refractivity contribution < 1.29 is 14.6 Å². The van der Waals surface area contributed by atoms with Gasteiger partial charge in [-0.05, 0) is 52.5 Å². The number of carboxylic acids is 1. The van der Waals surface area contributed by atoms with Crippen molar-refractivity contribution in [3.8, 4) is 17.0 Å². The number of aromatic carboxylic acids is 1. The number of rotatable bonds is 2. The number of nitrogens with zero attached hydrogens (tertiary/aromatic N) is 2. The van der Waals surface area contributed by atoms with E-state index in [9.17, 15) is 4.79 Å². The molecular formula is C14H13BrN2O3. The Bertz CT molecular complexity index is 694. The minimum atomic E-state index is -1.04. The van der Waals surface area contributed by atoms with E-state index in [0.717, 1.165) is 42.0 Å². The molecule has 0 unspecified atom stereocenters. The molecule has 1 aliphatic heterocycles. The third kappa shape index (κ3) is 2.10. The van der Waals surface area contributed by atoms with Crippen molar-refractivity contribution in [3.63, 3.8) is 0 Å². The number of carbonyl (C=O) groups is 1. The molecule has 2 heterocycles. The molecule has 0 bridgehead atoms. The Morgan fingerprint density at radius 3 is 3.00 bits per heavy atom. The molecule has 0 spiro atoms. The number of ether oxygens (including phenoxy) is 1. The summed E-state index contributed by atoms with van der Waals surface area (Å²) in [5.74, 6) is -0.128. The van der Waals surface area contributed by atoms with E-state index in [1.54, 1.807) is 11.7 Å². The van der Waals surface area contributed by atoms with Gasteiger partial charge < -0.3 is 9.84 Å². The number of carboxylic acid groups (broad SMARTS) is 1. The topological polar surface area (TPSA) is 64.4 Å². The number of fused-ring (bicyclic) bond motifs is 1. The molecule has 20 heavy (non-hydrogen) atoms. The highest BCUT2D eigenvalue weighted by atomic mass is 79.9. The van der Waals surface area contributed by atoms with Gasteiger partial charge in [-0.3, -0.25) is 4.68 Å². The Labute approximate surface area is 124 Å². The first-order chi connectivity index (χ1) is 9.58. The maximum atomic E-state index is 11.1. The zero-order valence-corrected chi connectivity index (χ0v) is 12.5. The van der Waals surface area contributed by atoms with Gasteiger partial charge >= 0.3 is 5.97 Å². The van der Waals surface area contributed by atoms with Gasteiger partial charge in [0.25, 0.3) is 0 Å². The predicted octanol–water partition coefficient (Wildman–Crippen LogP) is 2.87. The Balaban J connectivity index is 2.11. The van der Waals surface area contributed by atoms with Crippen LogP contribution in [-0.2, 0) is 13.5 Å². The lowest BCUT2D eigenvalue weighted by atomic mass is 10.0. The van der Waals surface area contributed by atoms with Gasteiger partial charge in [-0.1, -0.05) is 0 Å². The highest BCUT2D eigenvalue weighted by Gasteiger charge is 2.21. The monoisotopic (exact) mass is 336 g/mol. The molecule has 0 aliphatic carbocycles. The fraction of sp³-hybridized carbons (Fsp3) is 0.286. The van der Waals surface area contributed by atoms with Gasteiger partial charge in [0.2, 0.25) is 0 Å². The Morgan fingerprint density at radius 1 is 1.50 bits per heavy atom. The predicted molar refractivity (Wildman–Crippen MR) is 77.1 cm³/mol. The van der Waals surface area contributed by atoms with Crippen molar-refractivity contribution in [1.29, 1.82) is 0 Å². The fourth-order valence-corrected chi connectivity index (χ4v) is 3.19. The number of hydrogen-bond acceptors (Lipinski definition) is 3. The van der Waals surface area contributed by atoms with Crippen LogP contribution in [0.3, 0.4) is 0 Å². The first-order valence-electron chi connectivity index (χ1n) is 6.30. The Hall–Kier alpha value is -1.82. The van der Waals surface area contributed by atoms with Crippen LogP contribution in [0.4, 0.5) is 0 Å². The largest absolute Gasteiger partial charge is 0.493 e. The van der Waals surface area contributed by atoms with E-state index in [4.69, 9.17) is 9.84 Å². The summed E-state index contributed by atoms with van der Waals surface area (Å²) in [6, 6.07) is 5.91. The minimum absolute atomic E-state index is 0.0245. The SMILES string of the molecule is Cn1nc(C(=O)O)c(Br)c1-c1ccc2c(c1)CCCO2. The summed E-state index contributed by atoms with van der Waals surface area (Å²) in [6.07, 6.45) is 1.98. The van der Waals surface area contributed by atoms with Crippen LogP contribution < -0.4 is 4.74 Å². The molecule has 1 N–H and O–H groups in total. The van der Waals surface area contributed by atoms with Gasteiger partial charge in [-0.15, -0.1) is 0 Å². The minimum Gasteiger partial charge on any atom is -0.493 e. The summed E-state index contributed by atoms with van der Waals surface area (Å²) in [6.45, 7) is 0.755. The lowest BCUT2D eigenvalue weighted by Gasteiger charge is -2.18. The van der Waals surface area contributed by atoms with E-state index in [0.29, 0.717) is 4.47 Å². The normalized spacial score (nSPS) is 13.7. The van der Waals surface area contributed by atoms with Crippen LogP contribution >= 0.6 is 15.9 Å². The summed E-state index contributed by atoms with van der Waals surface area (Å²) in [4.78, 5) is 11.1. The van der Waals surface area contributed by atoms with E-state index in [-0.39, 0.29) is 5.69 Å². The molecule has 0 radical (unpaired) electrons. The average Bonchev–Trinajstić information content (AvgIpc) is 2.74. The van der Waals surface area contributed by atoms with E-state index in [1.807, 2.05) is 18.2 Å². The highest BCUT2D eigenvalue weighted by Crippen LogP contribution is 2.34. The van der Waals surface area contributed by atoms with Gasteiger partial charge in [0, 0.05) is 12.6 Å². The molecular weight excluding hydrogens is 324 g/mol. The van der Waals surface area contributed by atoms with Crippen LogP contribution in [0.1, 0.15) is 22.5 Å². The standard InChI is InChI=1S/C14H13BrN2O3/c1-17-13(11(15)12(16-17)14(18)19)9-4-5-10-8(7-9)3-2-6-20-10/h4-5,7H,2-3,6H2,1H3,(H,18,19). The lowest BCUT2D eigenvalue weighted by Crippen LogP contribution is -2.08. The maximum absolute atomic E-state index is 11.1. The number of halogens is 1. The molecule has 1 aromatic carbocycles. The molecule has 0 amide bonds. The molecule has 6 heteroatoms. The average molecular weight is 337 g/mol. The van der Waals surface area contributed by atoms with Crippen molar-refractivity contribution in [2.24, 2.45) is 7.05 Å². The second-order valence-corrected chi connectivity index (χ2v) is 5.51. The van der Waals surface area contributed by atoms with Crippen molar-refractivity contribution in [1.82, 2.24) is 9.78 Å². The van der Waals surface area contributed by atoms with Gasteiger partial charge in [0.1, 0.15) is 5.75 Å². The Morgan fingerprint density at radius 2 is 2.30 bits per heavy atom. The first-order valence-corrected chi connectivity index (χ1v) is 7.09. The summed E-state index contributed by atoms with van der Waals surface area (Å²) < 4.78 is 7.68. The molecule has 0 fully saturated rings. The lowest BCUT2D eigenvalue weighted by molar-refractivity contribution is 0.0688. The van der Waals surface area contributed by atoms with E-state index in [2.05, 4.69) is 21.0 Å². The number of aromatic nitrogens is 2. The van der Waals surface area contributed by atoms with Crippen LogP contribution in [0.25, 0.3) is 11.3 Å². The zero-order valence-electron chi connectivity index (χ0n) is 10.9. The van der Waals surface area contributed by atoms with Crippen LogP contribution in [0, 0.1) is 0 Å². The van der Waals surface area contributed by atoms with Crippen LogP contribution in [0.5, 0.6) is 5.75 Å². The molecule has 104 valence electrons. The summed E-state index contributed by atoms with van der Waals surface area (Å²) in [5.41, 5.74) is 2.87. The van der Waals surface area contributed by atoms with E-state index >= 15 is 0 Å². The molecule has 5 nitrogen and oxygen atoms in total. The first kappa shape index (κ1) is 13.2. The zero-order chi connectivity index (χ0) is 14.3. The van der Waals surface area contributed by atoms with Crippen molar-refractivity contribution in [2.75, 3.05) is 6.61 Å². The molecule has 1 aliphatic rings. The van der Waals surface area contributed by atoms with E-state index in [1.165, 1.54) is 0 Å². The molecule has 0 saturated carbocycles. The third-order valence-electron chi connectivity index (χ3n) is 3.37. The number of hydrogen-bond donors (Lipinski definition) is 1. The molecule has 0 saturated heterocycles. The summed E-state index contributed by atoms with van der Waals surface area (Å²) in [5, 5.41) is 13.2. The molecule has 3 rings (SSSR count). The van der Waals surface area contributed by atoms with Crippen LogP contribution in [0.15, 0.2) is 22.7 Å². The van der Waals surface area contributed by atoms with Gasteiger partial charge in [0.05, 0.1) is 16.8 Å². The molecule has 2 aromatic rings. The summed E-state index contributed by atoms with van der Waals surface area (Å²) >= 11 is 3.34. The molecule has 0 atom stereocenters. The maximum Gasteiger partial charge on any atom is 0.357 e. The number of aryl methyl sites for hydroxylation is 2. The number of benzene rings is 1. The second-order valence-electron chi connectivity index (χ2n) is 4.71. The van der Waals surface area contributed by atoms with Gasteiger partial charge in [-0.2, -0.15) is 5.10 Å². The highest BCUT2D eigenvalue weighted by molar-refractivity contribution is 9.10. The smallest absolute Gasteiger partial charge is 0.357 e. The third-order valence-corrected chi connectivity index (χ3v) is 4.13. The van der Waals surface area contributed by atoms with Crippen molar-refractivity contribution >= 4 is 21.9 Å². The van der Waals surface area contributed by atoms with Crippen molar-refractivity contribution in [2.45, 2.75) is 12.8 Å². The quantitative estimate of drug-likeness (QED) is 0.915. The molecule has 1 aromatic heterocycles. The Kier molecular flexibility index (Phi) is 3.25. The van der Waals surface area contributed by atoms with Gasteiger partial charge in [-0.25, -0.2) is 4.79 Å². The van der Waals surface area contributed by atoms with Crippen LogP contribution in [0.2, 0.25) is 0 Å². The van der Waals surface area contributed by atoms with Gasteiger partial charge in [0.15, 0.2) is 5.69 Å².